The molecule has 2 amide bonds. The minimum Gasteiger partial charge on any atom is -0.355 e. The Balaban J connectivity index is 2.51. The largest absolute Gasteiger partial charge is 0.355 e. The molecule has 0 aliphatic rings. The van der Waals surface area contributed by atoms with Crippen LogP contribution in [0.5, 0.6) is 0 Å². The molecule has 3 N–H and O–H groups in total. The van der Waals surface area contributed by atoms with Crippen molar-refractivity contribution in [2.45, 2.75) is 11.8 Å². The summed E-state index contributed by atoms with van der Waals surface area (Å²) in [7, 11) is -0.478. The molecule has 9 nitrogen and oxygen atoms in total. The van der Waals surface area contributed by atoms with E-state index in [1.165, 1.54) is 17.3 Å². The third-order valence-electron chi connectivity index (χ3n) is 2.37. The first-order valence-corrected chi connectivity index (χ1v) is 7.86. The number of sulfonamides is 1. The summed E-state index contributed by atoms with van der Waals surface area (Å²) in [6, 6.07) is -0.285. The molecular weight excluding hydrogens is 296 g/mol. The van der Waals surface area contributed by atoms with Crippen molar-refractivity contribution in [1.82, 2.24) is 24.9 Å². The van der Waals surface area contributed by atoms with Crippen LogP contribution in [0.4, 0.5) is 10.7 Å². The molecule has 0 fully saturated rings. The van der Waals surface area contributed by atoms with Gasteiger partial charge in [0.05, 0.1) is 12.4 Å². The second-order valence-corrected chi connectivity index (χ2v) is 6.06. The van der Waals surface area contributed by atoms with E-state index in [1.807, 2.05) is 6.92 Å². The van der Waals surface area contributed by atoms with E-state index < -0.39 is 10.0 Å². The zero-order valence-corrected chi connectivity index (χ0v) is 13.1. The second-order valence-electron chi connectivity index (χ2n) is 4.30. The second kappa shape index (κ2) is 7.74. The highest BCUT2D eigenvalue weighted by Crippen LogP contribution is 2.06. The van der Waals surface area contributed by atoms with Crippen LogP contribution >= 0.6 is 0 Å². The van der Waals surface area contributed by atoms with Crippen molar-refractivity contribution < 1.29 is 13.2 Å². The molecule has 1 aromatic rings. The minimum atomic E-state index is -3.68. The molecule has 0 saturated heterocycles. The smallest absolute Gasteiger partial charge is 0.316 e. The molecule has 0 aliphatic heterocycles. The highest BCUT2D eigenvalue weighted by atomic mass is 32.2. The summed E-state index contributed by atoms with van der Waals surface area (Å²) in [6.45, 7) is 2.80. The lowest BCUT2D eigenvalue weighted by molar-refractivity contribution is 0.217. The number of nitrogens with one attached hydrogen (secondary N) is 3. The Morgan fingerprint density at radius 2 is 1.86 bits per heavy atom. The molecule has 118 valence electrons. The average Bonchev–Trinajstić information content (AvgIpc) is 2.44. The first-order chi connectivity index (χ1) is 9.86. The maximum atomic E-state index is 11.9. The lowest BCUT2D eigenvalue weighted by atomic mass is 10.6. The van der Waals surface area contributed by atoms with Gasteiger partial charge in [-0.3, -0.25) is 0 Å². The van der Waals surface area contributed by atoms with Gasteiger partial charge in [-0.1, -0.05) is 0 Å². The van der Waals surface area contributed by atoms with Crippen LogP contribution in [0, 0.1) is 0 Å². The number of urea groups is 1. The Bertz CT molecular complexity index is 558. The summed E-state index contributed by atoms with van der Waals surface area (Å²) in [5, 5.41) is 5.42. The van der Waals surface area contributed by atoms with E-state index in [4.69, 9.17) is 0 Å². The molecule has 0 spiro atoms. The van der Waals surface area contributed by atoms with Gasteiger partial charge in [0.2, 0.25) is 16.0 Å². The number of amides is 2. The number of hydrogen-bond acceptors (Lipinski definition) is 6. The molecule has 1 aromatic heterocycles. The van der Waals surface area contributed by atoms with E-state index in [0.29, 0.717) is 12.5 Å². The van der Waals surface area contributed by atoms with Crippen LogP contribution in [-0.2, 0) is 10.0 Å². The Kier molecular flexibility index (Phi) is 6.31. The first kappa shape index (κ1) is 17.1. The fourth-order valence-electron chi connectivity index (χ4n) is 1.30. The van der Waals surface area contributed by atoms with Gasteiger partial charge >= 0.3 is 6.03 Å². The number of carbonyl (C=O) groups is 1. The minimum absolute atomic E-state index is 0.0249. The topological polar surface area (TPSA) is 116 Å². The van der Waals surface area contributed by atoms with E-state index in [9.17, 15) is 13.2 Å². The standard InChI is InChI=1S/C11H20N6O3S/c1-4-12-10-14-7-9(8-15-10)21(19,20)16-6-5-13-11(18)17(2)3/h7-8,16H,4-6H2,1-3H3,(H,13,18)(H,12,14,15). The van der Waals surface area contributed by atoms with Crippen molar-refractivity contribution in [3.05, 3.63) is 12.4 Å². The van der Waals surface area contributed by atoms with E-state index >= 15 is 0 Å². The molecule has 0 atom stereocenters. The Morgan fingerprint density at radius 1 is 1.24 bits per heavy atom. The molecule has 0 radical (unpaired) electrons. The van der Waals surface area contributed by atoms with Crippen LogP contribution in [0.3, 0.4) is 0 Å². The fourth-order valence-corrected chi connectivity index (χ4v) is 2.22. The van der Waals surface area contributed by atoms with E-state index in [2.05, 4.69) is 25.3 Å². The summed E-state index contributed by atoms with van der Waals surface area (Å²) in [5.41, 5.74) is 0. The summed E-state index contributed by atoms with van der Waals surface area (Å²) in [5.74, 6) is 0.370. The number of rotatable bonds is 7. The summed E-state index contributed by atoms with van der Waals surface area (Å²) in [4.78, 5) is 20.4. The van der Waals surface area contributed by atoms with Gasteiger partial charge in [0.25, 0.3) is 0 Å². The molecular formula is C11H20N6O3S. The SMILES string of the molecule is CCNc1ncc(S(=O)(=O)NCCNC(=O)N(C)C)cn1. The van der Waals surface area contributed by atoms with Crippen molar-refractivity contribution in [2.75, 3.05) is 39.0 Å². The van der Waals surface area contributed by atoms with Crippen LogP contribution in [0.25, 0.3) is 0 Å². The first-order valence-electron chi connectivity index (χ1n) is 6.37. The number of aromatic nitrogens is 2. The maximum absolute atomic E-state index is 11.9. The van der Waals surface area contributed by atoms with Crippen LogP contribution in [0.15, 0.2) is 17.3 Å². The predicted octanol–water partition coefficient (Wildman–Crippen LogP) is -0.542. The number of carbonyl (C=O) groups excluding carboxylic acids is 1. The number of hydrogen-bond donors (Lipinski definition) is 3. The summed E-state index contributed by atoms with van der Waals surface area (Å²) in [6.07, 6.45) is 2.46. The highest BCUT2D eigenvalue weighted by molar-refractivity contribution is 7.89. The van der Waals surface area contributed by atoms with Crippen molar-refractivity contribution >= 4 is 22.0 Å². The predicted molar refractivity (Wildman–Crippen MR) is 78.5 cm³/mol. The number of nitrogens with zero attached hydrogens (tertiary/aromatic N) is 3. The third kappa shape index (κ3) is 5.52. The zero-order valence-electron chi connectivity index (χ0n) is 12.3. The van der Waals surface area contributed by atoms with Crippen molar-refractivity contribution in [1.29, 1.82) is 0 Å². The van der Waals surface area contributed by atoms with Crippen LogP contribution in [0.2, 0.25) is 0 Å². The van der Waals surface area contributed by atoms with Gasteiger partial charge in [-0.15, -0.1) is 0 Å². The van der Waals surface area contributed by atoms with Crippen molar-refractivity contribution in [3.63, 3.8) is 0 Å². The van der Waals surface area contributed by atoms with Gasteiger partial charge in [-0.2, -0.15) is 0 Å². The Labute approximate surface area is 124 Å². The lowest BCUT2D eigenvalue weighted by Gasteiger charge is -2.12. The highest BCUT2D eigenvalue weighted by Gasteiger charge is 2.14. The summed E-state index contributed by atoms with van der Waals surface area (Å²) >= 11 is 0. The molecule has 0 saturated carbocycles. The van der Waals surface area contributed by atoms with Crippen LogP contribution < -0.4 is 15.4 Å². The lowest BCUT2D eigenvalue weighted by Crippen LogP contribution is -2.39. The number of anilines is 1. The molecule has 0 aliphatic carbocycles. The normalized spacial score (nSPS) is 11.0. The Hall–Kier alpha value is -1.94. The van der Waals surface area contributed by atoms with Gasteiger partial charge in [0.1, 0.15) is 4.90 Å². The van der Waals surface area contributed by atoms with E-state index in [0.717, 1.165) is 0 Å². The molecule has 21 heavy (non-hydrogen) atoms. The third-order valence-corrected chi connectivity index (χ3v) is 3.79. The maximum Gasteiger partial charge on any atom is 0.316 e. The molecule has 1 rings (SSSR count). The van der Waals surface area contributed by atoms with E-state index in [-0.39, 0.29) is 24.0 Å². The molecule has 0 unspecified atom stereocenters. The zero-order chi connectivity index (χ0) is 15.9. The van der Waals surface area contributed by atoms with Crippen LogP contribution in [0.1, 0.15) is 6.92 Å². The van der Waals surface area contributed by atoms with Gasteiger partial charge in [-0.05, 0) is 6.92 Å². The molecule has 0 aromatic carbocycles. The Morgan fingerprint density at radius 3 is 2.38 bits per heavy atom. The molecule has 0 bridgehead atoms. The van der Waals surface area contributed by atoms with Gasteiger partial charge in [-0.25, -0.2) is 27.9 Å². The quantitative estimate of drug-likeness (QED) is 0.582. The average molecular weight is 316 g/mol. The summed E-state index contributed by atoms with van der Waals surface area (Å²) < 4.78 is 26.3. The fraction of sp³-hybridized carbons (Fsp3) is 0.545. The van der Waals surface area contributed by atoms with Crippen LogP contribution in [-0.4, -0.2) is 63.0 Å². The molecule has 10 heteroatoms. The van der Waals surface area contributed by atoms with Gasteiger partial charge in [0, 0.05) is 33.7 Å². The van der Waals surface area contributed by atoms with E-state index in [1.54, 1.807) is 14.1 Å². The monoisotopic (exact) mass is 316 g/mol. The molecule has 1 heterocycles. The van der Waals surface area contributed by atoms with Gasteiger partial charge in [0.15, 0.2) is 0 Å². The van der Waals surface area contributed by atoms with Crippen molar-refractivity contribution in [2.24, 2.45) is 0 Å². The van der Waals surface area contributed by atoms with Gasteiger partial charge < -0.3 is 15.5 Å². The van der Waals surface area contributed by atoms with Crippen molar-refractivity contribution in [3.8, 4) is 0 Å².